The van der Waals surface area contributed by atoms with Gasteiger partial charge in [-0.05, 0) is 29.8 Å². The first kappa shape index (κ1) is 18.9. The Balaban J connectivity index is 1.55. The number of nitrogens with zero attached hydrogens (tertiary/aromatic N) is 3. The van der Waals surface area contributed by atoms with Gasteiger partial charge in [0, 0.05) is 28.0 Å². The summed E-state index contributed by atoms with van der Waals surface area (Å²) in [6, 6.07) is 25.3. The number of hydrogen-bond acceptors (Lipinski definition) is 5. The van der Waals surface area contributed by atoms with Crippen molar-refractivity contribution in [3.05, 3.63) is 100 Å². The predicted molar refractivity (Wildman–Crippen MR) is 123 cm³/mol. The maximum atomic E-state index is 10.3. The maximum Gasteiger partial charge on any atom is 0.207 e. The second kappa shape index (κ2) is 7.94. The number of hydrogen-bond donors (Lipinski definition) is 1. The number of benzene rings is 3. The molecule has 1 N–H and O–H groups in total. The van der Waals surface area contributed by atoms with Gasteiger partial charge in [-0.3, -0.25) is 0 Å². The van der Waals surface area contributed by atoms with E-state index in [0.717, 1.165) is 33.2 Å². The van der Waals surface area contributed by atoms with Crippen molar-refractivity contribution < 1.29 is 5.11 Å². The number of halogens is 1. The number of anilines is 1. The van der Waals surface area contributed by atoms with Crippen LogP contribution in [-0.2, 0) is 0 Å². The van der Waals surface area contributed by atoms with Crippen LogP contribution >= 0.6 is 22.9 Å². The number of aromatic nitrogens is 1. The van der Waals surface area contributed by atoms with Crippen LogP contribution in [0.15, 0.2) is 89.3 Å². The fraction of sp³-hybridized carbons (Fsp3) is 0.0833. The average molecular weight is 432 g/mol. The second-order valence-electron chi connectivity index (χ2n) is 7.06. The fourth-order valence-electron chi connectivity index (χ4n) is 3.65. The fourth-order valence-corrected chi connectivity index (χ4v) is 4.68. The highest BCUT2D eigenvalue weighted by Gasteiger charge is 2.32. The van der Waals surface area contributed by atoms with Crippen molar-refractivity contribution in [3.8, 4) is 17.0 Å². The van der Waals surface area contributed by atoms with Gasteiger partial charge in [0.05, 0.1) is 17.4 Å². The Morgan fingerprint density at radius 1 is 0.967 bits per heavy atom. The summed E-state index contributed by atoms with van der Waals surface area (Å²) in [5, 5.41) is 20.7. The van der Waals surface area contributed by atoms with Crippen LogP contribution in [0.5, 0.6) is 5.75 Å². The Morgan fingerprint density at radius 2 is 1.77 bits per heavy atom. The summed E-state index contributed by atoms with van der Waals surface area (Å²) in [5.74, 6) is 0.240. The third-order valence-corrected chi connectivity index (χ3v) is 6.18. The predicted octanol–water partition coefficient (Wildman–Crippen LogP) is 6.52. The molecule has 0 saturated carbocycles. The van der Waals surface area contributed by atoms with Crippen molar-refractivity contribution in [1.82, 2.24) is 4.98 Å². The van der Waals surface area contributed by atoms with Gasteiger partial charge in [-0.25, -0.2) is 9.99 Å². The molecule has 1 aliphatic rings. The third kappa shape index (κ3) is 3.58. The SMILES string of the molecule is Oc1ccccc1C1=NN(c2nc(-c3cccc(Cl)c3)cs2)C(c2ccccc2)C1. The van der Waals surface area contributed by atoms with E-state index in [9.17, 15) is 5.11 Å². The Labute approximate surface area is 183 Å². The summed E-state index contributed by atoms with van der Waals surface area (Å²) in [4.78, 5) is 4.85. The van der Waals surface area contributed by atoms with E-state index in [1.165, 1.54) is 0 Å². The van der Waals surface area contributed by atoms with Crippen molar-refractivity contribution in [2.75, 3.05) is 5.01 Å². The van der Waals surface area contributed by atoms with Gasteiger partial charge in [0.1, 0.15) is 5.75 Å². The molecule has 0 fully saturated rings. The van der Waals surface area contributed by atoms with Crippen molar-refractivity contribution >= 4 is 33.8 Å². The minimum absolute atomic E-state index is 0.0131. The highest BCUT2D eigenvalue weighted by Crippen LogP contribution is 2.40. The zero-order chi connectivity index (χ0) is 20.5. The molecule has 4 aromatic rings. The van der Waals surface area contributed by atoms with Crippen LogP contribution in [-0.4, -0.2) is 15.8 Å². The maximum absolute atomic E-state index is 10.3. The first-order valence-corrected chi connectivity index (χ1v) is 10.9. The molecule has 4 nitrogen and oxygen atoms in total. The molecule has 2 heterocycles. The lowest BCUT2D eigenvalue weighted by molar-refractivity contribution is 0.474. The first-order valence-electron chi connectivity index (χ1n) is 9.60. The first-order chi connectivity index (χ1) is 14.7. The number of para-hydroxylation sites is 1. The minimum atomic E-state index is 0.0131. The molecular formula is C24H18ClN3OS. The molecule has 30 heavy (non-hydrogen) atoms. The van der Waals surface area contributed by atoms with Gasteiger partial charge in [-0.1, -0.05) is 66.2 Å². The molecule has 0 spiro atoms. The molecule has 1 aromatic heterocycles. The zero-order valence-corrected chi connectivity index (χ0v) is 17.5. The molecule has 1 atom stereocenters. The molecule has 1 unspecified atom stereocenters. The van der Waals surface area contributed by atoms with Crippen LogP contribution in [0.1, 0.15) is 23.6 Å². The lowest BCUT2D eigenvalue weighted by atomic mass is 9.98. The van der Waals surface area contributed by atoms with Crippen molar-refractivity contribution in [3.63, 3.8) is 0 Å². The normalized spacial score (nSPS) is 16.0. The number of thiazole rings is 1. The number of aromatic hydroxyl groups is 1. The van der Waals surface area contributed by atoms with Crippen LogP contribution < -0.4 is 5.01 Å². The largest absolute Gasteiger partial charge is 0.507 e. The van der Waals surface area contributed by atoms with Crippen molar-refractivity contribution in [1.29, 1.82) is 0 Å². The lowest BCUT2D eigenvalue weighted by Gasteiger charge is -2.21. The van der Waals surface area contributed by atoms with Gasteiger partial charge >= 0.3 is 0 Å². The van der Waals surface area contributed by atoms with Crippen LogP contribution in [0.2, 0.25) is 5.02 Å². The molecule has 0 radical (unpaired) electrons. The van der Waals surface area contributed by atoms with Crippen LogP contribution in [0.4, 0.5) is 5.13 Å². The quantitative estimate of drug-likeness (QED) is 0.400. The van der Waals surface area contributed by atoms with E-state index in [1.54, 1.807) is 17.4 Å². The van der Waals surface area contributed by atoms with Gasteiger partial charge in [-0.15, -0.1) is 11.3 Å². The topological polar surface area (TPSA) is 48.7 Å². The monoisotopic (exact) mass is 431 g/mol. The Bertz CT molecular complexity index is 1220. The highest BCUT2D eigenvalue weighted by atomic mass is 35.5. The average Bonchev–Trinajstić information content (AvgIpc) is 3.42. The van der Waals surface area contributed by atoms with Gasteiger partial charge in [0.2, 0.25) is 5.13 Å². The minimum Gasteiger partial charge on any atom is -0.507 e. The van der Waals surface area contributed by atoms with E-state index in [1.807, 2.05) is 71.1 Å². The second-order valence-corrected chi connectivity index (χ2v) is 8.34. The highest BCUT2D eigenvalue weighted by molar-refractivity contribution is 7.14. The zero-order valence-electron chi connectivity index (χ0n) is 15.9. The van der Waals surface area contributed by atoms with E-state index in [4.69, 9.17) is 21.7 Å². The van der Waals surface area contributed by atoms with Crippen LogP contribution in [0.3, 0.4) is 0 Å². The van der Waals surface area contributed by atoms with E-state index in [-0.39, 0.29) is 11.8 Å². The molecule has 0 aliphatic carbocycles. The van der Waals surface area contributed by atoms with Crippen LogP contribution in [0.25, 0.3) is 11.3 Å². The van der Waals surface area contributed by atoms with E-state index >= 15 is 0 Å². The number of phenols is 1. The lowest BCUT2D eigenvalue weighted by Crippen LogP contribution is -2.18. The van der Waals surface area contributed by atoms with Crippen LogP contribution in [0, 0.1) is 0 Å². The summed E-state index contributed by atoms with van der Waals surface area (Å²) in [6.07, 6.45) is 0.688. The third-order valence-electron chi connectivity index (χ3n) is 5.12. The molecule has 0 bridgehead atoms. The molecule has 5 rings (SSSR count). The Morgan fingerprint density at radius 3 is 2.57 bits per heavy atom. The van der Waals surface area contributed by atoms with Gasteiger partial charge in [0.25, 0.3) is 0 Å². The number of rotatable bonds is 4. The van der Waals surface area contributed by atoms with E-state index in [0.29, 0.717) is 11.4 Å². The molecular weight excluding hydrogens is 414 g/mol. The van der Waals surface area contributed by atoms with E-state index in [2.05, 4.69) is 12.1 Å². The number of phenolic OH excluding ortho intramolecular Hbond substituents is 1. The van der Waals surface area contributed by atoms with Gasteiger partial charge < -0.3 is 5.11 Å². The molecule has 0 amide bonds. The summed E-state index contributed by atoms with van der Waals surface area (Å²) >= 11 is 7.70. The molecule has 1 aliphatic heterocycles. The van der Waals surface area contributed by atoms with Gasteiger partial charge in [0.15, 0.2) is 0 Å². The summed E-state index contributed by atoms with van der Waals surface area (Å²) < 4.78 is 0. The van der Waals surface area contributed by atoms with Crippen molar-refractivity contribution in [2.24, 2.45) is 5.10 Å². The summed E-state index contributed by atoms with van der Waals surface area (Å²) in [5.41, 5.74) is 4.61. The summed E-state index contributed by atoms with van der Waals surface area (Å²) in [6.45, 7) is 0. The Hall–Kier alpha value is -3.15. The van der Waals surface area contributed by atoms with E-state index < -0.39 is 0 Å². The Kier molecular flexibility index (Phi) is 4.99. The molecule has 0 saturated heterocycles. The standard InChI is InChI=1S/C24H18ClN3OS/c25-18-10-6-9-17(13-18)21-15-30-24(26-21)28-22(16-7-2-1-3-8-16)14-20(27-28)19-11-4-5-12-23(19)29/h1-13,15,22,29H,14H2. The summed E-state index contributed by atoms with van der Waals surface area (Å²) in [7, 11) is 0. The molecule has 6 heteroatoms. The number of hydrazone groups is 1. The molecule has 148 valence electrons. The van der Waals surface area contributed by atoms with Gasteiger partial charge in [-0.2, -0.15) is 5.10 Å². The van der Waals surface area contributed by atoms with Crippen molar-refractivity contribution in [2.45, 2.75) is 12.5 Å². The smallest absolute Gasteiger partial charge is 0.207 e. The molecule has 3 aromatic carbocycles.